The highest BCUT2D eigenvalue weighted by Crippen LogP contribution is 2.27. The topological polar surface area (TPSA) is 28.2 Å². The van der Waals surface area contributed by atoms with E-state index in [4.69, 9.17) is 0 Å². The molecule has 2 aromatic rings. The first-order valence-electron chi connectivity index (χ1n) is 6.40. The molecule has 0 saturated carbocycles. The lowest BCUT2D eigenvalue weighted by Crippen LogP contribution is -2.37. The molecule has 1 saturated heterocycles. The third-order valence-electron chi connectivity index (χ3n) is 3.33. The summed E-state index contributed by atoms with van der Waals surface area (Å²) in [6.07, 6.45) is 5.68. The molecule has 0 atom stereocenters. The maximum Gasteiger partial charge on any atom is 0.0724 e. The van der Waals surface area contributed by atoms with Gasteiger partial charge in [-0.1, -0.05) is 22.4 Å². The fourth-order valence-corrected chi connectivity index (χ4v) is 2.77. The van der Waals surface area contributed by atoms with Crippen LogP contribution in [0, 0.1) is 0 Å². The number of aromatic nitrogens is 1. The van der Waals surface area contributed by atoms with E-state index in [1.165, 1.54) is 30.3 Å². The zero-order valence-corrected chi connectivity index (χ0v) is 11.8. The Morgan fingerprint density at radius 1 is 1.17 bits per heavy atom. The van der Waals surface area contributed by atoms with Crippen molar-refractivity contribution < 1.29 is 0 Å². The van der Waals surface area contributed by atoms with Gasteiger partial charge in [0, 0.05) is 29.1 Å². The van der Waals surface area contributed by atoms with Crippen LogP contribution >= 0.6 is 15.9 Å². The first kappa shape index (κ1) is 11.9. The predicted molar refractivity (Wildman–Crippen MR) is 78.6 cm³/mol. The van der Waals surface area contributed by atoms with Crippen molar-refractivity contribution in [2.45, 2.75) is 19.3 Å². The third kappa shape index (κ3) is 2.35. The number of hydrazine groups is 1. The molecule has 0 bridgehead atoms. The van der Waals surface area contributed by atoms with Gasteiger partial charge >= 0.3 is 0 Å². The summed E-state index contributed by atoms with van der Waals surface area (Å²) in [6.45, 7) is 2.11. The average Bonchev–Trinajstić information content (AvgIpc) is 2.67. The van der Waals surface area contributed by atoms with E-state index in [2.05, 4.69) is 49.5 Å². The molecule has 1 aliphatic heterocycles. The Bertz CT molecular complexity index is 548. The van der Waals surface area contributed by atoms with Crippen LogP contribution in [0.4, 0.5) is 5.69 Å². The number of rotatable bonds is 1. The predicted octanol–water partition coefficient (Wildman–Crippen LogP) is 3.49. The summed E-state index contributed by atoms with van der Waals surface area (Å²) >= 11 is 3.54. The highest BCUT2D eigenvalue weighted by Gasteiger charge is 2.12. The van der Waals surface area contributed by atoms with Crippen LogP contribution in [0.5, 0.6) is 0 Å². The van der Waals surface area contributed by atoms with Gasteiger partial charge in [-0.3, -0.25) is 4.98 Å². The highest BCUT2D eigenvalue weighted by atomic mass is 79.9. The Morgan fingerprint density at radius 2 is 2.11 bits per heavy atom. The van der Waals surface area contributed by atoms with Crippen molar-refractivity contribution in [1.82, 2.24) is 10.4 Å². The Balaban J connectivity index is 2.06. The molecule has 0 spiro atoms. The molecule has 0 amide bonds. The number of anilines is 1. The van der Waals surface area contributed by atoms with Crippen LogP contribution < -0.4 is 10.4 Å². The number of hydrogen-bond acceptors (Lipinski definition) is 3. The minimum absolute atomic E-state index is 1.04. The van der Waals surface area contributed by atoms with E-state index >= 15 is 0 Å². The van der Waals surface area contributed by atoms with Gasteiger partial charge in [0.1, 0.15) is 0 Å². The minimum Gasteiger partial charge on any atom is -0.308 e. The van der Waals surface area contributed by atoms with Crippen LogP contribution in [-0.4, -0.2) is 18.1 Å². The van der Waals surface area contributed by atoms with Crippen molar-refractivity contribution in [3.05, 3.63) is 34.9 Å². The van der Waals surface area contributed by atoms with Gasteiger partial charge in [-0.05, 0) is 37.1 Å². The van der Waals surface area contributed by atoms with E-state index < -0.39 is 0 Å². The Morgan fingerprint density at radius 3 is 3.06 bits per heavy atom. The van der Waals surface area contributed by atoms with Gasteiger partial charge in [-0.15, -0.1) is 0 Å². The van der Waals surface area contributed by atoms with Gasteiger partial charge in [0.15, 0.2) is 0 Å². The van der Waals surface area contributed by atoms with Crippen LogP contribution in [0.2, 0.25) is 0 Å². The lowest BCUT2D eigenvalue weighted by molar-refractivity contribution is 0.662. The zero-order valence-electron chi connectivity index (χ0n) is 10.2. The lowest BCUT2D eigenvalue weighted by Gasteiger charge is -2.24. The number of hydrogen-bond donors (Lipinski definition) is 1. The molecule has 1 aromatic heterocycles. The second-order valence-corrected chi connectivity index (χ2v) is 5.53. The van der Waals surface area contributed by atoms with Crippen LogP contribution in [-0.2, 0) is 0 Å². The summed E-state index contributed by atoms with van der Waals surface area (Å²) in [5.41, 5.74) is 5.77. The van der Waals surface area contributed by atoms with Gasteiger partial charge in [0.2, 0.25) is 0 Å². The number of pyridine rings is 1. The second kappa shape index (κ2) is 5.24. The van der Waals surface area contributed by atoms with Crippen molar-refractivity contribution in [3.63, 3.8) is 0 Å². The number of nitrogens with one attached hydrogen (secondary N) is 1. The third-order valence-corrected chi connectivity index (χ3v) is 3.83. The smallest absolute Gasteiger partial charge is 0.0724 e. The first-order chi connectivity index (χ1) is 8.84. The maximum atomic E-state index is 4.43. The molecule has 0 radical (unpaired) electrons. The number of benzene rings is 1. The molecular weight excluding hydrogens is 290 g/mol. The van der Waals surface area contributed by atoms with Crippen LogP contribution in [0.3, 0.4) is 0 Å². The second-order valence-electron chi connectivity index (χ2n) is 4.61. The summed E-state index contributed by atoms with van der Waals surface area (Å²) in [5.74, 6) is 0. The van der Waals surface area contributed by atoms with Gasteiger partial charge in [-0.2, -0.15) is 0 Å². The van der Waals surface area contributed by atoms with E-state index in [1.54, 1.807) is 0 Å². The zero-order chi connectivity index (χ0) is 12.4. The lowest BCUT2D eigenvalue weighted by atomic mass is 10.2. The molecule has 0 aliphatic carbocycles. The van der Waals surface area contributed by atoms with E-state index in [9.17, 15) is 0 Å². The van der Waals surface area contributed by atoms with Crippen molar-refractivity contribution in [1.29, 1.82) is 0 Å². The molecule has 3 rings (SSSR count). The summed E-state index contributed by atoms with van der Waals surface area (Å²) in [7, 11) is 0. The Hall–Kier alpha value is -1.13. The van der Waals surface area contributed by atoms with E-state index in [0.717, 1.165) is 23.1 Å². The normalized spacial score (nSPS) is 16.8. The molecule has 2 heterocycles. The Kier molecular flexibility index (Phi) is 3.48. The summed E-state index contributed by atoms with van der Waals surface area (Å²) < 4.78 is 1.10. The van der Waals surface area contributed by atoms with E-state index in [0.29, 0.717) is 0 Å². The molecule has 1 fully saturated rings. The largest absolute Gasteiger partial charge is 0.308 e. The van der Waals surface area contributed by atoms with Crippen molar-refractivity contribution in [2.24, 2.45) is 0 Å². The Labute approximate surface area is 115 Å². The summed E-state index contributed by atoms with van der Waals surface area (Å²) in [6, 6.07) is 8.33. The van der Waals surface area contributed by atoms with Gasteiger partial charge in [0.25, 0.3) is 0 Å². The fourth-order valence-electron chi connectivity index (χ4n) is 2.41. The summed E-state index contributed by atoms with van der Waals surface area (Å²) in [4.78, 5) is 4.43. The molecule has 18 heavy (non-hydrogen) atoms. The number of nitrogens with zero attached hydrogens (tertiary/aromatic N) is 2. The van der Waals surface area contributed by atoms with Crippen LogP contribution in [0.1, 0.15) is 19.3 Å². The summed E-state index contributed by atoms with van der Waals surface area (Å²) in [5, 5.41) is 3.46. The van der Waals surface area contributed by atoms with Crippen molar-refractivity contribution in [3.8, 4) is 0 Å². The van der Waals surface area contributed by atoms with Gasteiger partial charge in [0.05, 0.1) is 11.2 Å². The van der Waals surface area contributed by atoms with Crippen molar-refractivity contribution in [2.75, 3.05) is 18.1 Å². The van der Waals surface area contributed by atoms with Gasteiger partial charge in [-0.25, -0.2) is 5.43 Å². The minimum atomic E-state index is 1.04. The monoisotopic (exact) mass is 305 g/mol. The maximum absolute atomic E-state index is 4.43. The van der Waals surface area contributed by atoms with Crippen molar-refractivity contribution >= 4 is 32.5 Å². The van der Waals surface area contributed by atoms with E-state index in [1.807, 2.05) is 12.3 Å². The van der Waals surface area contributed by atoms with Gasteiger partial charge < -0.3 is 5.01 Å². The molecule has 1 N–H and O–H groups in total. The number of fused-ring (bicyclic) bond motifs is 1. The number of halogens is 1. The standard InChI is InChI=1S/C14H16BrN3/c15-11-4-5-13-12(10-11)14(6-8-16-13)18-9-3-1-2-7-17-18/h4-6,8,10,17H,1-3,7,9H2. The van der Waals surface area contributed by atoms with Crippen LogP contribution in [0.15, 0.2) is 34.9 Å². The van der Waals surface area contributed by atoms with E-state index in [-0.39, 0.29) is 0 Å². The van der Waals surface area contributed by atoms with Crippen LogP contribution in [0.25, 0.3) is 10.9 Å². The fraction of sp³-hybridized carbons (Fsp3) is 0.357. The average molecular weight is 306 g/mol. The molecule has 3 nitrogen and oxygen atoms in total. The molecule has 4 heteroatoms. The molecular formula is C14H16BrN3. The quantitative estimate of drug-likeness (QED) is 0.874. The molecule has 1 aliphatic rings. The SMILES string of the molecule is Brc1ccc2nccc(N3CCCCCN3)c2c1. The first-order valence-corrected chi connectivity index (χ1v) is 7.19. The molecule has 0 unspecified atom stereocenters. The molecule has 1 aromatic carbocycles. The highest BCUT2D eigenvalue weighted by molar-refractivity contribution is 9.10. The molecule has 94 valence electrons.